The minimum Gasteiger partial charge on any atom is -0.325 e. The fourth-order valence-electron chi connectivity index (χ4n) is 3.36. The van der Waals surface area contributed by atoms with Crippen molar-refractivity contribution in [3.05, 3.63) is 98.4 Å². The van der Waals surface area contributed by atoms with Crippen LogP contribution in [0.15, 0.2) is 81.4 Å². The molecule has 0 aliphatic carbocycles. The van der Waals surface area contributed by atoms with Crippen molar-refractivity contribution in [2.75, 3.05) is 11.9 Å². The Hall–Kier alpha value is -3.89. The second-order valence-corrected chi connectivity index (χ2v) is 10.2. The normalized spacial score (nSPS) is 14.4. The molecule has 1 aliphatic heterocycles. The zero-order valence-corrected chi connectivity index (χ0v) is 21.0. The Morgan fingerprint density at radius 2 is 1.67 bits per heavy atom. The van der Waals surface area contributed by atoms with Gasteiger partial charge in [0.1, 0.15) is 6.54 Å². The van der Waals surface area contributed by atoms with Gasteiger partial charge >= 0.3 is 0 Å². The van der Waals surface area contributed by atoms with Crippen LogP contribution in [-0.4, -0.2) is 33.4 Å². The first kappa shape index (κ1) is 25.2. The first-order valence-corrected chi connectivity index (χ1v) is 12.5. The van der Waals surface area contributed by atoms with E-state index in [1.165, 1.54) is 23.9 Å². The van der Waals surface area contributed by atoms with Crippen molar-refractivity contribution in [3.63, 3.8) is 0 Å². The fourth-order valence-corrected chi connectivity index (χ4v) is 5.09. The number of aryl methyl sites for hydroxylation is 2. The van der Waals surface area contributed by atoms with Gasteiger partial charge < -0.3 is 5.32 Å². The number of rotatable bonds is 7. The van der Waals surface area contributed by atoms with E-state index in [0.717, 1.165) is 20.9 Å². The fraction of sp³-hybridized carbons (Fsp3) is 0.115. The molecule has 0 spiro atoms. The van der Waals surface area contributed by atoms with Crippen molar-refractivity contribution in [1.29, 1.82) is 0 Å². The highest BCUT2D eigenvalue weighted by Crippen LogP contribution is 2.37. The third-order valence-corrected chi connectivity index (χ3v) is 7.22. The Bertz CT molecular complexity index is 1390. The summed E-state index contributed by atoms with van der Waals surface area (Å²) in [5.41, 5.74) is 2.98. The first-order valence-electron chi connectivity index (χ1n) is 10.8. The number of carbonyl (C=O) groups excluding carboxylic acids is 3. The number of imide groups is 1. The molecule has 0 saturated carbocycles. The number of anilines is 1. The first-order chi connectivity index (χ1) is 17.2. The third kappa shape index (κ3) is 6.02. The number of nitro groups is 1. The molecule has 3 aromatic carbocycles. The Kier molecular flexibility index (Phi) is 7.56. The number of carbonyl (C=O) groups is 3. The lowest BCUT2D eigenvalue weighted by atomic mass is 10.2. The van der Waals surface area contributed by atoms with Crippen LogP contribution in [0, 0.1) is 24.0 Å². The summed E-state index contributed by atoms with van der Waals surface area (Å²) in [5.74, 6) is -1.12. The molecule has 182 valence electrons. The maximum Gasteiger partial charge on any atom is 0.294 e. The highest BCUT2D eigenvalue weighted by atomic mass is 32.2. The van der Waals surface area contributed by atoms with E-state index in [4.69, 9.17) is 0 Å². The summed E-state index contributed by atoms with van der Waals surface area (Å²) < 4.78 is 0. The minimum atomic E-state index is -0.621. The van der Waals surface area contributed by atoms with Crippen LogP contribution < -0.4 is 5.32 Å². The standard InChI is InChI=1S/C26H21N3O5S2/c1-16-3-8-19(9-4-16)27-24(30)15-28-25(31)23(36-26(28)32)14-18-7-12-22(21(13-18)29(33)34)35-20-10-5-17(2)6-11-20/h3-14H,15H2,1-2H3,(H,27,30)/b23-14-. The Morgan fingerprint density at radius 1 is 1.03 bits per heavy atom. The number of thioether (sulfide) groups is 1. The van der Waals surface area contributed by atoms with Crippen molar-refractivity contribution in [2.45, 2.75) is 23.6 Å². The second-order valence-electron chi connectivity index (χ2n) is 8.08. The maximum absolute atomic E-state index is 12.8. The van der Waals surface area contributed by atoms with E-state index in [1.807, 2.05) is 50.2 Å². The predicted octanol–water partition coefficient (Wildman–Crippen LogP) is 6.04. The number of nitro benzene ring substituents is 1. The van der Waals surface area contributed by atoms with Gasteiger partial charge in [-0.15, -0.1) is 0 Å². The Labute approximate surface area is 215 Å². The number of nitrogens with one attached hydrogen (secondary N) is 1. The number of amides is 3. The monoisotopic (exact) mass is 519 g/mol. The van der Waals surface area contributed by atoms with Gasteiger partial charge in [0.05, 0.1) is 14.7 Å². The molecule has 3 amide bonds. The average molecular weight is 520 g/mol. The predicted molar refractivity (Wildman–Crippen MR) is 141 cm³/mol. The Morgan fingerprint density at radius 3 is 2.31 bits per heavy atom. The van der Waals surface area contributed by atoms with Gasteiger partial charge in [0.25, 0.3) is 16.8 Å². The van der Waals surface area contributed by atoms with Crippen LogP contribution in [0.5, 0.6) is 0 Å². The van der Waals surface area contributed by atoms with Crippen molar-refractivity contribution >= 4 is 58.0 Å². The molecule has 1 heterocycles. The van der Waals surface area contributed by atoms with Gasteiger partial charge in [-0.2, -0.15) is 0 Å². The van der Waals surface area contributed by atoms with Crippen LogP contribution in [0.4, 0.5) is 16.2 Å². The van der Waals surface area contributed by atoms with Crippen molar-refractivity contribution in [3.8, 4) is 0 Å². The van der Waals surface area contributed by atoms with Crippen molar-refractivity contribution < 1.29 is 19.3 Å². The summed E-state index contributed by atoms with van der Waals surface area (Å²) in [6.45, 7) is 3.45. The lowest BCUT2D eigenvalue weighted by molar-refractivity contribution is -0.387. The van der Waals surface area contributed by atoms with E-state index in [-0.39, 0.29) is 10.6 Å². The molecule has 0 atom stereocenters. The van der Waals surface area contributed by atoms with Crippen LogP contribution >= 0.6 is 23.5 Å². The summed E-state index contributed by atoms with van der Waals surface area (Å²) in [6.07, 6.45) is 1.43. The van der Waals surface area contributed by atoms with Gasteiger partial charge in [0.2, 0.25) is 5.91 Å². The Balaban J connectivity index is 1.49. The molecule has 10 heteroatoms. The smallest absolute Gasteiger partial charge is 0.294 e. The molecule has 1 saturated heterocycles. The van der Waals surface area contributed by atoms with Crippen molar-refractivity contribution in [1.82, 2.24) is 4.90 Å². The highest BCUT2D eigenvalue weighted by molar-refractivity contribution is 8.18. The summed E-state index contributed by atoms with van der Waals surface area (Å²) in [7, 11) is 0. The number of hydrogen-bond acceptors (Lipinski definition) is 7. The molecule has 8 nitrogen and oxygen atoms in total. The molecule has 4 rings (SSSR count). The van der Waals surface area contributed by atoms with E-state index in [1.54, 1.807) is 24.3 Å². The highest BCUT2D eigenvalue weighted by Gasteiger charge is 2.36. The molecule has 0 radical (unpaired) electrons. The van der Waals surface area contributed by atoms with Gasteiger partial charge in [-0.1, -0.05) is 53.2 Å². The van der Waals surface area contributed by atoms with Crippen LogP contribution in [0.25, 0.3) is 6.08 Å². The van der Waals surface area contributed by atoms with E-state index >= 15 is 0 Å². The van der Waals surface area contributed by atoms with Gasteiger partial charge in [-0.3, -0.25) is 29.4 Å². The summed E-state index contributed by atoms with van der Waals surface area (Å²) in [5, 5.41) is 13.8. The summed E-state index contributed by atoms with van der Waals surface area (Å²) in [4.78, 5) is 51.1. The van der Waals surface area contributed by atoms with Gasteiger partial charge in [-0.25, -0.2) is 0 Å². The molecule has 0 unspecified atom stereocenters. The number of hydrogen-bond donors (Lipinski definition) is 1. The second kappa shape index (κ2) is 10.8. The van der Waals surface area contributed by atoms with Crippen molar-refractivity contribution in [2.24, 2.45) is 0 Å². The SMILES string of the molecule is Cc1ccc(NC(=O)CN2C(=O)S/C(=C\c3ccc(Sc4ccc(C)cc4)c([N+](=O)[O-])c3)C2=O)cc1. The largest absolute Gasteiger partial charge is 0.325 e. The van der Waals surface area contributed by atoms with Gasteiger partial charge in [-0.05, 0) is 67.6 Å². The summed E-state index contributed by atoms with van der Waals surface area (Å²) >= 11 is 1.96. The van der Waals surface area contributed by atoms with Gasteiger partial charge in [0, 0.05) is 16.6 Å². The summed E-state index contributed by atoms with van der Waals surface area (Å²) in [6, 6.07) is 19.4. The molecule has 1 N–H and O–H groups in total. The zero-order chi connectivity index (χ0) is 25.8. The topological polar surface area (TPSA) is 110 Å². The van der Waals surface area contributed by atoms with Gasteiger partial charge in [0.15, 0.2) is 0 Å². The number of nitrogens with zero attached hydrogens (tertiary/aromatic N) is 2. The van der Waals surface area contributed by atoms with Crippen LogP contribution in [-0.2, 0) is 9.59 Å². The van der Waals surface area contributed by atoms with E-state index in [9.17, 15) is 24.5 Å². The quantitative estimate of drug-likeness (QED) is 0.230. The molecule has 3 aromatic rings. The molecular formula is C26H21N3O5S2. The lowest BCUT2D eigenvalue weighted by Crippen LogP contribution is -2.36. The third-order valence-electron chi connectivity index (χ3n) is 5.24. The molecule has 36 heavy (non-hydrogen) atoms. The molecule has 0 aromatic heterocycles. The molecule has 1 aliphatic rings. The zero-order valence-electron chi connectivity index (χ0n) is 19.4. The van der Waals surface area contributed by atoms with Crippen LogP contribution in [0.2, 0.25) is 0 Å². The minimum absolute atomic E-state index is 0.0939. The number of benzene rings is 3. The molecule has 0 bridgehead atoms. The van der Waals surface area contributed by atoms with Crippen LogP contribution in [0.1, 0.15) is 16.7 Å². The molecule has 1 fully saturated rings. The van der Waals surface area contributed by atoms with E-state index in [0.29, 0.717) is 27.9 Å². The van der Waals surface area contributed by atoms with E-state index in [2.05, 4.69) is 5.32 Å². The lowest BCUT2D eigenvalue weighted by Gasteiger charge is -2.12. The van der Waals surface area contributed by atoms with E-state index < -0.39 is 28.5 Å². The van der Waals surface area contributed by atoms with Crippen LogP contribution in [0.3, 0.4) is 0 Å². The molecular weight excluding hydrogens is 498 g/mol. The average Bonchev–Trinajstić information content (AvgIpc) is 3.10. The maximum atomic E-state index is 12.8.